The molecule has 3 aromatic rings. The van der Waals surface area contributed by atoms with E-state index in [2.05, 4.69) is 4.98 Å². The van der Waals surface area contributed by atoms with Crippen molar-refractivity contribution in [2.24, 2.45) is 5.41 Å². The first kappa shape index (κ1) is 26.6. The lowest BCUT2D eigenvalue weighted by molar-refractivity contribution is -0.152. The van der Waals surface area contributed by atoms with Crippen LogP contribution in [0.5, 0.6) is 5.75 Å². The number of nitrogens with zero attached hydrogens (tertiary/aromatic N) is 2. The first-order chi connectivity index (χ1) is 17.7. The van der Waals surface area contributed by atoms with Gasteiger partial charge in [-0.1, -0.05) is 12.2 Å². The second kappa shape index (κ2) is 11.3. The summed E-state index contributed by atoms with van der Waals surface area (Å²) in [5.74, 6) is -3.65. The van der Waals surface area contributed by atoms with E-state index in [-0.39, 0.29) is 5.56 Å². The van der Waals surface area contributed by atoms with Crippen LogP contribution in [-0.4, -0.2) is 47.7 Å². The number of carbonyl (C=O) groups is 1. The molecule has 1 aliphatic rings. The SMILES string of the molecule is COc1ccc2ncc(F)c(CCCC3(C(=O)O)CCN(CC=Cc4c(F)cc(F)cc4F)CC3)c2c1. The molecule has 0 unspecified atom stereocenters. The van der Waals surface area contributed by atoms with Gasteiger partial charge in [-0.05, 0) is 69.0 Å². The maximum Gasteiger partial charge on any atom is 0.309 e. The summed E-state index contributed by atoms with van der Waals surface area (Å²) < 4.78 is 60.6. The van der Waals surface area contributed by atoms with Gasteiger partial charge < -0.3 is 9.84 Å². The van der Waals surface area contributed by atoms with Crippen molar-refractivity contribution in [3.63, 3.8) is 0 Å². The molecule has 5 nitrogen and oxygen atoms in total. The molecule has 1 aliphatic heterocycles. The summed E-state index contributed by atoms with van der Waals surface area (Å²) in [6.45, 7) is 1.37. The Balaban J connectivity index is 1.37. The number of benzene rings is 2. The van der Waals surface area contributed by atoms with Crippen molar-refractivity contribution in [3.8, 4) is 5.75 Å². The highest BCUT2D eigenvalue weighted by molar-refractivity contribution is 5.83. The Bertz CT molecular complexity index is 1300. The van der Waals surface area contributed by atoms with Gasteiger partial charge in [0.05, 0.1) is 24.2 Å². The summed E-state index contributed by atoms with van der Waals surface area (Å²) in [5, 5.41) is 10.7. The quantitative estimate of drug-likeness (QED) is 0.354. The van der Waals surface area contributed by atoms with Crippen LogP contribution in [0.4, 0.5) is 17.6 Å². The molecule has 0 radical (unpaired) electrons. The molecule has 9 heteroatoms. The first-order valence-corrected chi connectivity index (χ1v) is 12.1. The van der Waals surface area contributed by atoms with Crippen LogP contribution >= 0.6 is 0 Å². The van der Waals surface area contributed by atoms with Crippen LogP contribution in [0.2, 0.25) is 0 Å². The predicted octanol–water partition coefficient (Wildman–Crippen LogP) is 6.00. The molecule has 2 heterocycles. The van der Waals surface area contributed by atoms with Gasteiger partial charge in [-0.2, -0.15) is 0 Å². The molecule has 0 spiro atoms. The van der Waals surface area contributed by atoms with Crippen LogP contribution in [0.1, 0.15) is 36.8 Å². The summed E-state index contributed by atoms with van der Waals surface area (Å²) in [6, 6.07) is 6.51. The second-order valence-corrected chi connectivity index (χ2v) is 9.39. The largest absolute Gasteiger partial charge is 0.497 e. The van der Waals surface area contributed by atoms with Crippen LogP contribution < -0.4 is 4.74 Å². The number of ether oxygens (including phenoxy) is 1. The molecule has 0 bridgehead atoms. The number of aliphatic carboxylic acids is 1. The summed E-state index contributed by atoms with van der Waals surface area (Å²) in [4.78, 5) is 18.4. The number of aryl methyl sites for hydroxylation is 1. The van der Waals surface area contributed by atoms with Crippen molar-refractivity contribution in [1.82, 2.24) is 9.88 Å². The average molecular weight is 517 g/mol. The van der Waals surface area contributed by atoms with E-state index in [1.165, 1.54) is 19.4 Å². The van der Waals surface area contributed by atoms with E-state index >= 15 is 0 Å². The average Bonchev–Trinajstić information content (AvgIpc) is 2.87. The molecule has 1 fully saturated rings. The Labute approximate surface area is 212 Å². The fraction of sp³-hybridized carbons (Fsp3) is 0.357. The van der Waals surface area contributed by atoms with Gasteiger partial charge in [0.15, 0.2) is 0 Å². The summed E-state index contributed by atoms with van der Waals surface area (Å²) >= 11 is 0. The van der Waals surface area contributed by atoms with Crippen molar-refractivity contribution in [2.45, 2.75) is 32.1 Å². The fourth-order valence-electron chi connectivity index (χ4n) is 4.95. The van der Waals surface area contributed by atoms with Crippen LogP contribution in [0, 0.1) is 28.7 Å². The topological polar surface area (TPSA) is 62.7 Å². The molecule has 0 aliphatic carbocycles. The molecule has 1 saturated heterocycles. The van der Waals surface area contributed by atoms with Crippen LogP contribution in [0.15, 0.2) is 42.6 Å². The van der Waals surface area contributed by atoms with Gasteiger partial charge in [0.25, 0.3) is 0 Å². The van der Waals surface area contributed by atoms with E-state index < -0.39 is 34.7 Å². The Hall–Kier alpha value is -3.46. The highest BCUT2D eigenvalue weighted by atomic mass is 19.1. The molecule has 1 aromatic heterocycles. The minimum Gasteiger partial charge on any atom is -0.497 e. The number of aromatic nitrogens is 1. The number of rotatable bonds is 9. The fourth-order valence-corrected chi connectivity index (χ4v) is 4.95. The molecule has 2 aromatic carbocycles. The monoisotopic (exact) mass is 516 g/mol. The first-order valence-electron chi connectivity index (χ1n) is 12.1. The number of methoxy groups -OCH3 is 1. The van der Waals surface area contributed by atoms with Crippen molar-refractivity contribution in [2.75, 3.05) is 26.7 Å². The maximum absolute atomic E-state index is 14.6. The van der Waals surface area contributed by atoms with E-state index in [9.17, 15) is 27.5 Å². The number of likely N-dealkylation sites (tertiary alicyclic amines) is 1. The number of fused-ring (bicyclic) bond motifs is 1. The number of carboxylic acids is 1. The Morgan fingerprint density at radius 2 is 1.81 bits per heavy atom. The predicted molar refractivity (Wildman–Crippen MR) is 132 cm³/mol. The third kappa shape index (κ3) is 5.93. The standard InChI is InChI=1S/C28H28F4N2O3/c1-37-19-6-7-26-22(16-19)20(25(32)17-33-26)4-2-8-28(27(35)36)9-12-34(13-10-28)11-3-5-21-23(30)14-18(29)15-24(21)31/h3,5-7,14-17H,2,4,8-13H2,1H3,(H,35,36). The van der Waals surface area contributed by atoms with Gasteiger partial charge in [-0.3, -0.25) is 14.7 Å². The second-order valence-electron chi connectivity index (χ2n) is 9.39. The number of pyridine rings is 1. The van der Waals surface area contributed by atoms with Crippen LogP contribution in [0.25, 0.3) is 17.0 Å². The van der Waals surface area contributed by atoms with E-state index in [1.807, 2.05) is 4.90 Å². The number of carboxylic acid groups (broad SMARTS) is 1. The van der Waals surface area contributed by atoms with E-state index in [1.54, 1.807) is 24.3 Å². The van der Waals surface area contributed by atoms with Crippen molar-refractivity contribution < 1.29 is 32.2 Å². The van der Waals surface area contributed by atoms with E-state index in [4.69, 9.17) is 4.74 Å². The summed E-state index contributed by atoms with van der Waals surface area (Å²) in [5.41, 5.74) is -0.0993. The molecule has 0 amide bonds. The molecule has 0 atom stereocenters. The van der Waals surface area contributed by atoms with Gasteiger partial charge in [0.1, 0.15) is 29.0 Å². The van der Waals surface area contributed by atoms with Gasteiger partial charge >= 0.3 is 5.97 Å². The summed E-state index contributed by atoms with van der Waals surface area (Å²) in [6.07, 6.45) is 6.10. The van der Waals surface area contributed by atoms with E-state index in [0.29, 0.717) is 86.1 Å². The van der Waals surface area contributed by atoms with Crippen molar-refractivity contribution in [1.29, 1.82) is 0 Å². The zero-order chi connectivity index (χ0) is 26.6. The molecule has 196 valence electrons. The van der Waals surface area contributed by atoms with Crippen LogP contribution in [0.3, 0.4) is 0 Å². The third-order valence-electron chi connectivity index (χ3n) is 7.18. The number of hydrogen-bond acceptors (Lipinski definition) is 4. The number of piperidine rings is 1. The Kier molecular flexibility index (Phi) is 8.12. The molecular weight excluding hydrogens is 488 g/mol. The van der Waals surface area contributed by atoms with Gasteiger partial charge in [0.2, 0.25) is 0 Å². The van der Waals surface area contributed by atoms with Crippen LogP contribution in [-0.2, 0) is 11.2 Å². The molecule has 1 N–H and O–H groups in total. The van der Waals surface area contributed by atoms with Crippen molar-refractivity contribution >= 4 is 22.9 Å². The zero-order valence-electron chi connectivity index (χ0n) is 20.4. The van der Waals surface area contributed by atoms with E-state index in [0.717, 1.165) is 0 Å². The normalized spacial score (nSPS) is 15.9. The van der Waals surface area contributed by atoms with Gasteiger partial charge in [0, 0.05) is 29.6 Å². The summed E-state index contributed by atoms with van der Waals surface area (Å²) in [7, 11) is 1.53. The Morgan fingerprint density at radius 3 is 2.46 bits per heavy atom. The minimum atomic E-state index is -0.979. The smallest absolute Gasteiger partial charge is 0.309 e. The minimum absolute atomic E-state index is 0.313. The zero-order valence-corrected chi connectivity index (χ0v) is 20.4. The third-order valence-corrected chi connectivity index (χ3v) is 7.18. The molecule has 0 saturated carbocycles. The number of halogens is 4. The van der Waals surface area contributed by atoms with Crippen molar-refractivity contribution in [3.05, 3.63) is 77.0 Å². The highest BCUT2D eigenvalue weighted by Gasteiger charge is 2.40. The molecule has 37 heavy (non-hydrogen) atoms. The van der Waals surface area contributed by atoms with Gasteiger partial charge in [-0.25, -0.2) is 17.6 Å². The van der Waals surface area contributed by atoms with Gasteiger partial charge in [-0.15, -0.1) is 0 Å². The highest BCUT2D eigenvalue weighted by Crippen LogP contribution is 2.37. The molecule has 4 rings (SSSR count). The lowest BCUT2D eigenvalue weighted by Crippen LogP contribution is -2.44. The lowest BCUT2D eigenvalue weighted by Gasteiger charge is -2.38. The molecular formula is C28H28F4N2O3. The lowest BCUT2D eigenvalue weighted by atomic mass is 9.74. The number of hydrogen-bond donors (Lipinski definition) is 1. The maximum atomic E-state index is 14.6. The Morgan fingerprint density at radius 1 is 1.11 bits per heavy atom.